The summed E-state index contributed by atoms with van der Waals surface area (Å²) in [7, 11) is -3.11. The molecule has 18 heavy (non-hydrogen) atoms. The van der Waals surface area contributed by atoms with E-state index in [9.17, 15) is 8.42 Å². The maximum atomic E-state index is 11.9. The molecule has 1 aromatic rings. The second-order valence-corrected chi connectivity index (χ2v) is 7.92. The van der Waals surface area contributed by atoms with Crippen molar-refractivity contribution in [2.45, 2.75) is 12.3 Å². The molecular weight excluding hydrogens is 268 g/mol. The number of hydrogen-bond donors (Lipinski definition) is 1. The van der Waals surface area contributed by atoms with Crippen molar-refractivity contribution in [2.75, 3.05) is 34.9 Å². The number of rotatable bonds is 2. The van der Waals surface area contributed by atoms with Gasteiger partial charge in [-0.25, -0.2) is 8.42 Å². The van der Waals surface area contributed by atoms with E-state index >= 15 is 0 Å². The predicted octanol–water partition coefficient (Wildman–Crippen LogP) is 1.50. The number of nitrogen functional groups attached to an aromatic ring is 1. The Morgan fingerprint density at radius 2 is 2.17 bits per heavy atom. The summed E-state index contributed by atoms with van der Waals surface area (Å²) in [6, 6.07) is 5.68. The Kier molecular flexibility index (Phi) is 3.77. The summed E-state index contributed by atoms with van der Waals surface area (Å²) in [5, 5.41) is -0.473. The van der Waals surface area contributed by atoms with E-state index in [2.05, 4.69) is 0 Å². The largest absolute Gasteiger partial charge is 0.397 e. The lowest BCUT2D eigenvalue weighted by Gasteiger charge is -2.37. The lowest BCUT2D eigenvalue weighted by atomic mass is 10.1. The van der Waals surface area contributed by atoms with Gasteiger partial charge in [0.1, 0.15) is 5.37 Å². The molecule has 1 atom stereocenters. The molecule has 6 heteroatoms. The van der Waals surface area contributed by atoms with Crippen LogP contribution in [0.5, 0.6) is 0 Å². The second-order valence-electron chi connectivity index (χ2n) is 4.57. The molecule has 1 aromatic carbocycles. The van der Waals surface area contributed by atoms with Crippen LogP contribution in [0.4, 0.5) is 11.4 Å². The molecule has 1 fully saturated rings. The summed E-state index contributed by atoms with van der Waals surface area (Å²) in [4.78, 5) is 1.94. The Labute approximate surface area is 112 Å². The molecule has 0 aromatic heterocycles. The molecule has 100 valence electrons. The van der Waals surface area contributed by atoms with Gasteiger partial charge in [-0.3, -0.25) is 0 Å². The summed E-state index contributed by atoms with van der Waals surface area (Å²) >= 11 is 1.68. The Hall–Kier alpha value is -0.880. The molecule has 4 nitrogen and oxygen atoms in total. The summed E-state index contributed by atoms with van der Waals surface area (Å²) in [5.74, 6) is 1.53. The first-order valence-electron chi connectivity index (χ1n) is 5.79. The van der Waals surface area contributed by atoms with Crippen LogP contribution in [0.3, 0.4) is 0 Å². The highest BCUT2D eigenvalue weighted by atomic mass is 32.2. The lowest BCUT2D eigenvalue weighted by Crippen LogP contribution is -2.47. The number of para-hydroxylation sites is 1. The van der Waals surface area contributed by atoms with Gasteiger partial charge >= 0.3 is 0 Å². The summed E-state index contributed by atoms with van der Waals surface area (Å²) in [6.45, 7) is 2.68. The van der Waals surface area contributed by atoms with Gasteiger partial charge in [-0.1, -0.05) is 12.1 Å². The van der Waals surface area contributed by atoms with Gasteiger partial charge in [0, 0.05) is 24.3 Å². The Morgan fingerprint density at radius 1 is 1.44 bits per heavy atom. The van der Waals surface area contributed by atoms with Crippen molar-refractivity contribution >= 4 is 33.0 Å². The van der Waals surface area contributed by atoms with Crippen LogP contribution in [-0.4, -0.2) is 38.1 Å². The summed E-state index contributed by atoms with van der Waals surface area (Å²) in [5.41, 5.74) is 8.56. The molecule has 1 saturated heterocycles. The minimum Gasteiger partial charge on any atom is -0.397 e. The first kappa shape index (κ1) is 13.5. The van der Waals surface area contributed by atoms with Crippen molar-refractivity contribution in [3.8, 4) is 0 Å². The third kappa shape index (κ3) is 2.59. The molecule has 1 unspecified atom stereocenters. The topological polar surface area (TPSA) is 63.4 Å². The van der Waals surface area contributed by atoms with Gasteiger partial charge in [0.05, 0.1) is 11.4 Å². The average Bonchev–Trinajstić information content (AvgIpc) is 2.28. The molecule has 2 N–H and O–H groups in total. The van der Waals surface area contributed by atoms with Crippen molar-refractivity contribution in [3.05, 3.63) is 23.8 Å². The standard InChI is InChI=1S/C12H18N2O2S2/c1-9-4-3-5-10(13)12(9)14-6-7-17-8-11(14)18(2,15)16/h3-5,11H,6-8,13H2,1-2H3. The molecule has 0 saturated carbocycles. The summed E-state index contributed by atoms with van der Waals surface area (Å²) in [6.07, 6.45) is 1.30. The number of hydrogen-bond acceptors (Lipinski definition) is 5. The molecular formula is C12H18N2O2S2. The zero-order chi connectivity index (χ0) is 13.3. The monoisotopic (exact) mass is 286 g/mol. The third-order valence-electron chi connectivity index (χ3n) is 3.13. The van der Waals surface area contributed by atoms with Gasteiger partial charge in [0.2, 0.25) is 0 Å². The van der Waals surface area contributed by atoms with E-state index in [0.717, 1.165) is 23.5 Å². The quantitative estimate of drug-likeness (QED) is 0.835. The highest BCUT2D eigenvalue weighted by Crippen LogP contribution is 2.33. The Morgan fingerprint density at radius 3 is 2.78 bits per heavy atom. The van der Waals surface area contributed by atoms with E-state index in [1.54, 1.807) is 11.8 Å². The Balaban J connectivity index is 2.47. The molecule has 1 heterocycles. The highest BCUT2D eigenvalue weighted by molar-refractivity contribution is 8.01. The van der Waals surface area contributed by atoms with Gasteiger partial charge in [-0.15, -0.1) is 0 Å². The fraction of sp³-hybridized carbons (Fsp3) is 0.500. The molecule has 0 amide bonds. The number of nitrogens with two attached hydrogens (primary N) is 1. The number of thioether (sulfide) groups is 1. The first-order chi connectivity index (χ1) is 8.41. The van der Waals surface area contributed by atoms with E-state index in [1.807, 2.05) is 30.0 Å². The van der Waals surface area contributed by atoms with Crippen molar-refractivity contribution < 1.29 is 8.42 Å². The molecule has 0 spiro atoms. The van der Waals surface area contributed by atoms with Crippen LogP contribution in [-0.2, 0) is 9.84 Å². The van der Waals surface area contributed by atoms with Gasteiger partial charge < -0.3 is 10.6 Å². The van der Waals surface area contributed by atoms with Gasteiger partial charge in [0.25, 0.3) is 0 Å². The van der Waals surface area contributed by atoms with E-state index in [-0.39, 0.29) is 0 Å². The fourth-order valence-corrected chi connectivity index (χ4v) is 5.09. The molecule has 2 rings (SSSR count). The van der Waals surface area contributed by atoms with Crippen molar-refractivity contribution in [1.29, 1.82) is 0 Å². The minimum atomic E-state index is -3.11. The zero-order valence-electron chi connectivity index (χ0n) is 10.6. The van der Waals surface area contributed by atoms with Gasteiger partial charge in [-0.2, -0.15) is 11.8 Å². The van der Waals surface area contributed by atoms with Crippen molar-refractivity contribution in [2.24, 2.45) is 0 Å². The van der Waals surface area contributed by atoms with Crippen LogP contribution in [0.2, 0.25) is 0 Å². The van der Waals surface area contributed by atoms with E-state index in [4.69, 9.17) is 5.73 Å². The average molecular weight is 286 g/mol. The number of nitrogens with zero attached hydrogens (tertiary/aromatic N) is 1. The van der Waals surface area contributed by atoms with Crippen LogP contribution in [0.25, 0.3) is 0 Å². The Bertz CT molecular complexity index is 523. The van der Waals surface area contributed by atoms with E-state index < -0.39 is 15.2 Å². The highest BCUT2D eigenvalue weighted by Gasteiger charge is 2.32. The number of aryl methyl sites for hydroxylation is 1. The van der Waals surface area contributed by atoms with Crippen LogP contribution < -0.4 is 10.6 Å². The molecule has 1 aliphatic heterocycles. The molecule has 0 radical (unpaired) electrons. The maximum Gasteiger partial charge on any atom is 0.169 e. The van der Waals surface area contributed by atoms with Crippen LogP contribution in [0, 0.1) is 6.92 Å². The predicted molar refractivity (Wildman–Crippen MR) is 78.9 cm³/mol. The van der Waals surface area contributed by atoms with Gasteiger partial charge in [-0.05, 0) is 18.6 Å². The smallest absolute Gasteiger partial charge is 0.169 e. The number of benzene rings is 1. The summed E-state index contributed by atoms with van der Waals surface area (Å²) < 4.78 is 23.8. The third-order valence-corrected chi connectivity index (χ3v) is 5.78. The van der Waals surface area contributed by atoms with Crippen LogP contribution in [0.1, 0.15) is 5.56 Å². The molecule has 0 bridgehead atoms. The van der Waals surface area contributed by atoms with Crippen molar-refractivity contribution in [1.82, 2.24) is 0 Å². The minimum absolute atomic E-state index is 0.473. The van der Waals surface area contributed by atoms with Crippen molar-refractivity contribution in [3.63, 3.8) is 0 Å². The molecule has 0 aliphatic carbocycles. The van der Waals surface area contributed by atoms with E-state index in [0.29, 0.717) is 11.4 Å². The lowest BCUT2D eigenvalue weighted by molar-refractivity contribution is 0.584. The van der Waals surface area contributed by atoms with Crippen LogP contribution in [0.15, 0.2) is 18.2 Å². The SMILES string of the molecule is Cc1cccc(N)c1N1CCSCC1S(C)(=O)=O. The second kappa shape index (κ2) is 5.01. The molecule has 1 aliphatic rings. The normalized spacial score (nSPS) is 21.0. The zero-order valence-corrected chi connectivity index (χ0v) is 12.2. The first-order valence-corrected chi connectivity index (χ1v) is 8.90. The fourth-order valence-electron chi connectivity index (χ4n) is 2.27. The van der Waals surface area contributed by atoms with Gasteiger partial charge in [0.15, 0.2) is 9.84 Å². The number of sulfone groups is 1. The van der Waals surface area contributed by atoms with Crippen LogP contribution >= 0.6 is 11.8 Å². The number of anilines is 2. The van der Waals surface area contributed by atoms with E-state index in [1.165, 1.54) is 6.26 Å². The maximum absolute atomic E-state index is 11.9.